The zero-order valence-electron chi connectivity index (χ0n) is 16.5. The van der Waals surface area contributed by atoms with Crippen molar-refractivity contribution in [2.75, 3.05) is 6.54 Å². The largest absolute Gasteiger partial charge is 0.358 e. The van der Waals surface area contributed by atoms with Crippen molar-refractivity contribution in [2.24, 2.45) is 5.92 Å². The van der Waals surface area contributed by atoms with E-state index in [0.29, 0.717) is 13.1 Å². The van der Waals surface area contributed by atoms with E-state index in [9.17, 15) is 14.0 Å². The van der Waals surface area contributed by atoms with Crippen LogP contribution in [0, 0.1) is 11.7 Å². The van der Waals surface area contributed by atoms with Gasteiger partial charge in [-0.15, -0.1) is 0 Å². The van der Waals surface area contributed by atoms with Crippen LogP contribution in [0.2, 0.25) is 0 Å². The van der Waals surface area contributed by atoms with Gasteiger partial charge in [-0.05, 0) is 24.1 Å². The molecule has 0 fully saturated rings. The number of nitrogens with zero attached hydrogens (tertiary/aromatic N) is 1. The van der Waals surface area contributed by atoms with Crippen molar-refractivity contribution < 1.29 is 14.0 Å². The molecule has 2 aromatic carbocycles. The molecule has 0 aliphatic carbocycles. The molecule has 0 bridgehead atoms. The summed E-state index contributed by atoms with van der Waals surface area (Å²) in [4.78, 5) is 31.1. The minimum absolute atomic E-state index is 0.0523. The molecule has 5 nitrogen and oxygen atoms in total. The van der Waals surface area contributed by atoms with E-state index < -0.39 is 17.8 Å². The van der Waals surface area contributed by atoms with Gasteiger partial charge in [-0.2, -0.15) is 0 Å². The Morgan fingerprint density at radius 3 is 2.59 bits per heavy atom. The molecule has 0 spiro atoms. The molecule has 2 amide bonds. The first-order chi connectivity index (χ1) is 14.0. The van der Waals surface area contributed by atoms with E-state index in [4.69, 9.17) is 0 Å². The zero-order chi connectivity index (χ0) is 20.5. The molecule has 1 unspecified atom stereocenters. The first-order valence-corrected chi connectivity index (χ1v) is 9.88. The fourth-order valence-corrected chi connectivity index (χ4v) is 3.93. The van der Waals surface area contributed by atoms with Gasteiger partial charge in [0.2, 0.25) is 5.91 Å². The van der Waals surface area contributed by atoms with E-state index in [1.807, 2.05) is 32.0 Å². The van der Waals surface area contributed by atoms with E-state index >= 15 is 0 Å². The average molecular weight is 393 g/mol. The second kappa shape index (κ2) is 7.70. The lowest BCUT2D eigenvalue weighted by Gasteiger charge is -2.32. The Bertz CT molecular complexity index is 1070. The normalized spacial score (nSPS) is 14.7. The second-order valence-corrected chi connectivity index (χ2v) is 7.81. The van der Waals surface area contributed by atoms with Crippen LogP contribution in [0.4, 0.5) is 4.39 Å². The lowest BCUT2D eigenvalue weighted by molar-refractivity contribution is -0.135. The molecule has 4 rings (SSSR count). The van der Waals surface area contributed by atoms with Gasteiger partial charge < -0.3 is 15.2 Å². The summed E-state index contributed by atoms with van der Waals surface area (Å²) in [6.45, 7) is 4.84. The number of benzene rings is 2. The van der Waals surface area contributed by atoms with Gasteiger partial charge in [0.25, 0.3) is 5.91 Å². The van der Waals surface area contributed by atoms with Crippen molar-refractivity contribution in [3.8, 4) is 0 Å². The van der Waals surface area contributed by atoms with Gasteiger partial charge in [0.1, 0.15) is 11.9 Å². The van der Waals surface area contributed by atoms with Crippen LogP contribution < -0.4 is 5.32 Å². The smallest absolute Gasteiger partial charge is 0.254 e. The highest BCUT2D eigenvalue weighted by Gasteiger charge is 2.32. The van der Waals surface area contributed by atoms with Crippen molar-refractivity contribution in [3.05, 3.63) is 71.2 Å². The molecule has 1 aliphatic rings. The molecule has 2 heterocycles. The van der Waals surface area contributed by atoms with Crippen LogP contribution in [-0.2, 0) is 17.8 Å². The standard InChI is InChI=1S/C23H24FN3O2/c1-14(2)21(26-22(28)16-8-3-5-9-18(16)24)23(29)27-12-11-20-17(13-27)15-7-4-6-10-19(15)25-20/h3-10,14,21,25H,11-13H2,1-2H3,(H,26,28). The zero-order valence-corrected chi connectivity index (χ0v) is 16.5. The van der Waals surface area contributed by atoms with Crippen LogP contribution in [0.25, 0.3) is 10.9 Å². The van der Waals surface area contributed by atoms with E-state index in [0.717, 1.165) is 28.6 Å². The minimum Gasteiger partial charge on any atom is -0.358 e. The second-order valence-electron chi connectivity index (χ2n) is 7.81. The summed E-state index contributed by atoms with van der Waals surface area (Å²) in [6.07, 6.45) is 0.738. The van der Waals surface area contributed by atoms with Gasteiger partial charge in [0.15, 0.2) is 0 Å². The van der Waals surface area contributed by atoms with Crippen molar-refractivity contribution in [3.63, 3.8) is 0 Å². The number of rotatable bonds is 4. The maximum Gasteiger partial charge on any atom is 0.254 e. The van der Waals surface area contributed by atoms with Gasteiger partial charge >= 0.3 is 0 Å². The number of carbonyl (C=O) groups is 2. The number of aromatic nitrogens is 1. The lowest BCUT2D eigenvalue weighted by atomic mass is 9.99. The summed E-state index contributed by atoms with van der Waals surface area (Å²) in [6, 6.07) is 13.1. The van der Waals surface area contributed by atoms with Crippen LogP contribution in [0.3, 0.4) is 0 Å². The van der Waals surface area contributed by atoms with E-state index in [2.05, 4.69) is 16.4 Å². The number of hydrogen-bond acceptors (Lipinski definition) is 2. The van der Waals surface area contributed by atoms with Crippen LogP contribution in [0.1, 0.15) is 35.5 Å². The third-order valence-electron chi connectivity index (χ3n) is 5.53. The van der Waals surface area contributed by atoms with Gasteiger partial charge in [-0.1, -0.05) is 44.2 Å². The van der Waals surface area contributed by atoms with Gasteiger partial charge in [0, 0.05) is 41.7 Å². The molecule has 1 aliphatic heterocycles. The Kier molecular flexibility index (Phi) is 5.09. The summed E-state index contributed by atoms with van der Waals surface area (Å²) in [5.41, 5.74) is 3.30. The highest BCUT2D eigenvalue weighted by atomic mass is 19.1. The maximum absolute atomic E-state index is 14.0. The van der Waals surface area contributed by atoms with E-state index in [1.54, 1.807) is 11.0 Å². The monoisotopic (exact) mass is 393 g/mol. The number of nitrogens with one attached hydrogen (secondary N) is 2. The number of hydrogen-bond donors (Lipinski definition) is 2. The predicted octanol–water partition coefficient (Wildman–Crippen LogP) is 3.65. The number of amides is 2. The summed E-state index contributed by atoms with van der Waals surface area (Å²) < 4.78 is 14.0. The molecular formula is C23H24FN3O2. The Morgan fingerprint density at radius 1 is 1.10 bits per heavy atom. The predicted molar refractivity (Wildman–Crippen MR) is 110 cm³/mol. The SMILES string of the molecule is CC(C)C(NC(=O)c1ccccc1F)C(=O)N1CCc2[nH]c3ccccc3c2C1. The molecule has 0 saturated heterocycles. The van der Waals surface area contributed by atoms with E-state index in [-0.39, 0.29) is 17.4 Å². The highest BCUT2D eigenvalue weighted by molar-refractivity contribution is 5.98. The first kappa shape index (κ1) is 19.2. The molecular weight excluding hydrogens is 369 g/mol. The van der Waals surface area contributed by atoms with Crippen molar-refractivity contribution in [1.29, 1.82) is 0 Å². The molecule has 0 radical (unpaired) electrons. The number of carbonyl (C=O) groups excluding carboxylic acids is 2. The number of fused-ring (bicyclic) bond motifs is 3. The van der Waals surface area contributed by atoms with Gasteiger partial charge in [-0.25, -0.2) is 4.39 Å². The Hall–Kier alpha value is -3.15. The summed E-state index contributed by atoms with van der Waals surface area (Å²) >= 11 is 0. The highest BCUT2D eigenvalue weighted by Crippen LogP contribution is 2.28. The Morgan fingerprint density at radius 2 is 1.83 bits per heavy atom. The molecule has 6 heteroatoms. The number of halogens is 1. The molecule has 1 atom stereocenters. The number of para-hydroxylation sites is 1. The number of aromatic amines is 1. The van der Waals surface area contributed by atoms with E-state index in [1.165, 1.54) is 18.2 Å². The number of H-pyrrole nitrogens is 1. The molecule has 3 aromatic rings. The molecule has 1 aromatic heterocycles. The summed E-state index contributed by atoms with van der Waals surface area (Å²) in [5, 5.41) is 3.87. The van der Waals surface area contributed by atoms with Crippen LogP contribution in [-0.4, -0.2) is 34.3 Å². The third kappa shape index (κ3) is 3.62. The fraction of sp³-hybridized carbons (Fsp3) is 0.304. The molecule has 2 N–H and O–H groups in total. The van der Waals surface area contributed by atoms with Crippen LogP contribution >= 0.6 is 0 Å². The van der Waals surface area contributed by atoms with Crippen molar-refractivity contribution in [2.45, 2.75) is 32.9 Å². The molecule has 29 heavy (non-hydrogen) atoms. The van der Waals surface area contributed by atoms with Crippen LogP contribution in [0.15, 0.2) is 48.5 Å². The molecule has 150 valence electrons. The maximum atomic E-state index is 14.0. The fourth-order valence-electron chi connectivity index (χ4n) is 3.93. The third-order valence-corrected chi connectivity index (χ3v) is 5.53. The summed E-state index contributed by atoms with van der Waals surface area (Å²) in [5.74, 6) is -1.43. The van der Waals surface area contributed by atoms with Crippen LogP contribution in [0.5, 0.6) is 0 Å². The minimum atomic E-state index is -0.714. The quantitative estimate of drug-likeness (QED) is 0.711. The topological polar surface area (TPSA) is 65.2 Å². The first-order valence-electron chi connectivity index (χ1n) is 9.88. The Labute approximate surface area is 168 Å². The van der Waals surface area contributed by atoms with Crippen molar-refractivity contribution in [1.82, 2.24) is 15.2 Å². The van der Waals surface area contributed by atoms with Crippen molar-refractivity contribution >= 4 is 22.7 Å². The van der Waals surface area contributed by atoms with Gasteiger partial charge in [-0.3, -0.25) is 9.59 Å². The molecule has 0 saturated carbocycles. The van der Waals surface area contributed by atoms with Gasteiger partial charge in [0.05, 0.1) is 5.56 Å². The average Bonchev–Trinajstić information content (AvgIpc) is 3.09. The Balaban J connectivity index is 1.55. The summed E-state index contributed by atoms with van der Waals surface area (Å²) in [7, 11) is 0. The lowest BCUT2D eigenvalue weighted by Crippen LogP contribution is -2.52.